The second-order valence-corrected chi connectivity index (χ2v) is 5.26. The maximum absolute atomic E-state index is 6.29. The minimum atomic E-state index is 0.208. The van der Waals surface area contributed by atoms with E-state index in [2.05, 4.69) is 44.9 Å². The Morgan fingerprint density at radius 3 is 2.47 bits per heavy atom. The molecule has 1 aliphatic rings. The van der Waals surface area contributed by atoms with Gasteiger partial charge in [0.05, 0.1) is 0 Å². The van der Waals surface area contributed by atoms with Gasteiger partial charge in [-0.1, -0.05) is 71.3 Å². The van der Waals surface area contributed by atoms with Crippen LogP contribution in [0.1, 0.15) is 31.2 Å². The molecular weight excluding hydrogens is 319 g/mol. The first-order chi connectivity index (χ1) is 7.28. The van der Waals surface area contributed by atoms with Crippen LogP contribution in [0.15, 0.2) is 34.4 Å². The summed E-state index contributed by atoms with van der Waals surface area (Å²) in [5, 5.41) is 0.911. The predicted molar refractivity (Wildman–Crippen MR) is 74.8 cm³/mol. The van der Waals surface area contributed by atoms with Gasteiger partial charge in [-0.25, -0.2) is 0 Å². The van der Waals surface area contributed by atoms with Crippen LogP contribution >= 0.6 is 34.2 Å². The zero-order valence-corrected chi connectivity index (χ0v) is 11.5. The summed E-state index contributed by atoms with van der Waals surface area (Å²) in [7, 11) is 0. The highest BCUT2D eigenvalue weighted by Gasteiger charge is 2.34. The van der Waals surface area contributed by atoms with E-state index >= 15 is 0 Å². The van der Waals surface area contributed by atoms with Gasteiger partial charge in [-0.05, 0) is 28.6 Å². The SMILES string of the molecule is Clc1ccccc1C1(C=CI)CCCC1. The Bertz CT molecular complexity index is 365. The fraction of sp³-hybridized carbons (Fsp3) is 0.385. The molecule has 1 aliphatic carbocycles. The van der Waals surface area contributed by atoms with Crippen molar-refractivity contribution in [1.29, 1.82) is 0 Å². The largest absolute Gasteiger partial charge is 0.0840 e. The molecule has 2 rings (SSSR count). The summed E-state index contributed by atoms with van der Waals surface area (Å²) in [6.45, 7) is 0. The molecule has 0 bridgehead atoms. The normalized spacial score (nSPS) is 19.9. The number of allylic oxidation sites excluding steroid dienone is 1. The quantitative estimate of drug-likeness (QED) is 0.661. The number of benzene rings is 1. The lowest BCUT2D eigenvalue weighted by atomic mass is 9.79. The van der Waals surface area contributed by atoms with Crippen molar-refractivity contribution < 1.29 is 0 Å². The van der Waals surface area contributed by atoms with Crippen molar-refractivity contribution in [2.75, 3.05) is 0 Å². The van der Waals surface area contributed by atoms with Crippen LogP contribution in [0.2, 0.25) is 5.02 Å². The minimum Gasteiger partial charge on any atom is -0.0840 e. The molecule has 0 radical (unpaired) electrons. The molecule has 0 nitrogen and oxygen atoms in total. The van der Waals surface area contributed by atoms with Gasteiger partial charge in [0.2, 0.25) is 0 Å². The summed E-state index contributed by atoms with van der Waals surface area (Å²) < 4.78 is 2.13. The summed E-state index contributed by atoms with van der Waals surface area (Å²) in [4.78, 5) is 0. The molecular formula is C13H14ClI. The highest BCUT2D eigenvalue weighted by atomic mass is 127. The van der Waals surface area contributed by atoms with Gasteiger partial charge in [-0.15, -0.1) is 0 Å². The molecule has 1 fully saturated rings. The average Bonchev–Trinajstić information content (AvgIpc) is 2.69. The first-order valence-corrected chi connectivity index (χ1v) is 6.94. The van der Waals surface area contributed by atoms with Crippen LogP contribution in [-0.2, 0) is 5.41 Å². The maximum atomic E-state index is 6.29. The van der Waals surface area contributed by atoms with Crippen LogP contribution in [0.4, 0.5) is 0 Å². The Morgan fingerprint density at radius 2 is 1.87 bits per heavy atom. The minimum absolute atomic E-state index is 0.208. The molecule has 0 atom stereocenters. The van der Waals surface area contributed by atoms with Gasteiger partial charge in [0.1, 0.15) is 0 Å². The van der Waals surface area contributed by atoms with Crippen molar-refractivity contribution in [2.24, 2.45) is 0 Å². The van der Waals surface area contributed by atoms with Crippen molar-refractivity contribution in [2.45, 2.75) is 31.1 Å². The van der Waals surface area contributed by atoms with Crippen LogP contribution in [0.3, 0.4) is 0 Å². The highest BCUT2D eigenvalue weighted by Crippen LogP contribution is 2.44. The van der Waals surface area contributed by atoms with E-state index in [-0.39, 0.29) is 5.41 Å². The molecule has 0 amide bonds. The van der Waals surface area contributed by atoms with E-state index in [1.165, 1.54) is 31.2 Å². The Hall–Kier alpha value is -0.0200. The molecule has 1 aromatic carbocycles. The summed E-state index contributed by atoms with van der Waals surface area (Å²) in [5.41, 5.74) is 1.51. The number of halogens is 2. The number of rotatable bonds is 2. The summed E-state index contributed by atoms with van der Waals surface area (Å²) in [6.07, 6.45) is 7.41. The molecule has 0 aliphatic heterocycles. The standard InChI is InChI=1S/C13H14ClI/c14-12-6-2-1-5-11(12)13(9-10-15)7-3-4-8-13/h1-2,5-6,9-10H,3-4,7-8H2. The van der Waals surface area contributed by atoms with E-state index in [0.29, 0.717) is 0 Å². The zero-order valence-electron chi connectivity index (χ0n) is 8.55. The molecule has 2 heteroatoms. The van der Waals surface area contributed by atoms with Crippen molar-refractivity contribution in [3.63, 3.8) is 0 Å². The van der Waals surface area contributed by atoms with Gasteiger partial charge in [-0.3, -0.25) is 0 Å². The van der Waals surface area contributed by atoms with Crippen LogP contribution in [0.5, 0.6) is 0 Å². The Kier molecular flexibility index (Phi) is 3.73. The first-order valence-electron chi connectivity index (χ1n) is 5.31. The van der Waals surface area contributed by atoms with Crippen molar-refractivity contribution in [3.05, 3.63) is 45.0 Å². The second kappa shape index (κ2) is 4.88. The fourth-order valence-corrected chi connectivity index (χ4v) is 3.53. The molecule has 0 unspecified atom stereocenters. The lowest BCUT2D eigenvalue weighted by Crippen LogP contribution is -2.19. The molecule has 0 heterocycles. The van der Waals surface area contributed by atoms with Crippen LogP contribution in [0, 0.1) is 0 Å². The van der Waals surface area contributed by atoms with Crippen LogP contribution in [0.25, 0.3) is 0 Å². The van der Waals surface area contributed by atoms with Crippen molar-refractivity contribution in [1.82, 2.24) is 0 Å². The molecule has 1 aromatic rings. The average molecular weight is 333 g/mol. The third-order valence-electron chi connectivity index (χ3n) is 3.29. The molecule has 1 saturated carbocycles. The maximum Gasteiger partial charge on any atom is 0.0446 e. The van der Waals surface area contributed by atoms with Gasteiger partial charge in [0.25, 0.3) is 0 Å². The zero-order chi connectivity index (χ0) is 10.7. The summed E-state index contributed by atoms with van der Waals surface area (Å²) >= 11 is 8.60. The van der Waals surface area contributed by atoms with Crippen molar-refractivity contribution >= 4 is 34.2 Å². The van der Waals surface area contributed by atoms with Gasteiger partial charge in [-0.2, -0.15) is 0 Å². The summed E-state index contributed by atoms with van der Waals surface area (Å²) in [5.74, 6) is 0. The Morgan fingerprint density at radius 1 is 1.20 bits per heavy atom. The number of hydrogen-bond acceptors (Lipinski definition) is 0. The molecule has 0 N–H and O–H groups in total. The van der Waals surface area contributed by atoms with Crippen molar-refractivity contribution in [3.8, 4) is 0 Å². The molecule has 15 heavy (non-hydrogen) atoms. The van der Waals surface area contributed by atoms with Gasteiger partial charge in [0.15, 0.2) is 0 Å². The topological polar surface area (TPSA) is 0 Å². The smallest absolute Gasteiger partial charge is 0.0446 e. The fourth-order valence-electron chi connectivity index (χ4n) is 2.52. The lowest BCUT2D eigenvalue weighted by molar-refractivity contribution is 0.559. The van der Waals surface area contributed by atoms with Gasteiger partial charge >= 0.3 is 0 Å². The Balaban J connectivity index is 2.45. The van der Waals surface area contributed by atoms with Crippen LogP contribution in [-0.4, -0.2) is 0 Å². The van der Waals surface area contributed by atoms with E-state index < -0.39 is 0 Å². The first kappa shape index (κ1) is 11.5. The summed E-state index contributed by atoms with van der Waals surface area (Å²) in [6, 6.07) is 8.26. The molecule has 80 valence electrons. The van der Waals surface area contributed by atoms with Gasteiger partial charge < -0.3 is 0 Å². The van der Waals surface area contributed by atoms with E-state index in [1.807, 2.05) is 12.1 Å². The molecule has 0 saturated heterocycles. The van der Waals surface area contributed by atoms with E-state index in [4.69, 9.17) is 11.6 Å². The highest BCUT2D eigenvalue weighted by molar-refractivity contribution is 14.1. The van der Waals surface area contributed by atoms with E-state index in [1.54, 1.807) is 0 Å². The van der Waals surface area contributed by atoms with E-state index in [9.17, 15) is 0 Å². The van der Waals surface area contributed by atoms with Gasteiger partial charge in [0, 0.05) is 10.4 Å². The van der Waals surface area contributed by atoms with E-state index in [0.717, 1.165) is 5.02 Å². The molecule has 0 aromatic heterocycles. The second-order valence-electron chi connectivity index (χ2n) is 4.14. The molecule has 0 spiro atoms. The Labute approximate surface area is 110 Å². The third-order valence-corrected chi connectivity index (χ3v) is 3.98. The predicted octanol–water partition coefficient (Wildman–Crippen LogP) is 5.10. The third kappa shape index (κ3) is 2.23. The van der Waals surface area contributed by atoms with Crippen LogP contribution < -0.4 is 0 Å². The lowest BCUT2D eigenvalue weighted by Gasteiger charge is -2.26. The monoisotopic (exact) mass is 332 g/mol. The number of hydrogen-bond donors (Lipinski definition) is 0.